The summed E-state index contributed by atoms with van der Waals surface area (Å²) >= 11 is 3.46. The van der Waals surface area contributed by atoms with Crippen molar-refractivity contribution in [1.29, 1.82) is 0 Å². The third-order valence-corrected chi connectivity index (χ3v) is 8.82. The Morgan fingerprint density at radius 1 is 0.905 bits per heavy atom. The van der Waals surface area contributed by atoms with Gasteiger partial charge >= 0.3 is 0 Å². The molecule has 11 heteroatoms. The second kappa shape index (κ2) is 14.1. The molecule has 0 fully saturated rings. The molecule has 42 heavy (non-hydrogen) atoms. The average molecular weight is 661 g/mol. The predicted molar refractivity (Wildman–Crippen MR) is 167 cm³/mol. The summed E-state index contributed by atoms with van der Waals surface area (Å²) in [6.45, 7) is 8.59. The Kier molecular flexibility index (Phi) is 11.0. The molecular weight excluding hydrogens is 622 g/mol. The van der Waals surface area contributed by atoms with Crippen molar-refractivity contribution in [1.82, 2.24) is 10.2 Å². The van der Waals surface area contributed by atoms with Crippen LogP contribution < -0.4 is 19.1 Å². The first kappa shape index (κ1) is 32.9. The number of nitrogens with one attached hydrogen (secondary N) is 1. The van der Waals surface area contributed by atoms with Gasteiger partial charge in [-0.3, -0.25) is 13.9 Å². The number of methoxy groups -OCH3 is 2. The molecule has 3 rings (SSSR count). The lowest BCUT2D eigenvalue weighted by Gasteiger charge is -2.32. The van der Waals surface area contributed by atoms with Crippen LogP contribution in [0.4, 0.5) is 5.69 Å². The van der Waals surface area contributed by atoms with Crippen LogP contribution in [0.2, 0.25) is 0 Å². The van der Waals surface area contributed by atoms with Gasteiger partial charge in [0.1, 0.15) is 12.6 Å². The molecule has 0 heterocycles. The second-order valence-corrected chi connectivity index (χ2v) is 13.1. The minimum atomic E-state index is -4.28. The van der Waals surface area contributed by atoms with Gasteiger partial charge in [0.15, 0.2) is 11.5 Å². The van der Waals surface area contributed by atoms with Crippen LogP contribution in [0, 0.1) is 13.8 Å². The normalized spacial score (nSPS) is 12.0. The Morgan fingerprint density at radius 2 is 1.55 bits per heavy atom. The molecule has 0 aliphatic carbocycles. The fourth-order valence-corrected chi connectivity index (χ4v) is 6.41. The quantitative estimate of drug-likeness (QED) is 0.286. The number of sulfonamides is 1. The summed E-state index contributed by atoms with van der Waals surface area (Å²) in [5, 5.41) is 2.85. The third kappa shape index (κ3) is 8.04. The molecule has 0 unspecified atom stereocenters. The van der Waals surface area contributed by atoms with Crippen molar-refractivity contribution in [3.8, 4) is 11.5 Å². The number of carbonyl (C=O) groups is 2. The van der Waals surface area contributed by atoms with Crippen molar-refractivity contribution in [3.05, 3.63) is 81.8 Å². The highest BCUT2D eigenvalue weighted by Crippen LogP contribution is 2.33. The molecule has 0 aromatic heterocycles. The minimum Gasteiger partial charge on any atom is -0.493 e. The lowest BCUT2D eigenvalue weighted by molar-refractivity contribution is -0.139. The van der Waals surface area contributed by atoms with E-state index in [4.69, 9.17) is 9.47 Å². The van der Waals surface area contributed by atoms with Crippen molar-refractivity contribution < 1.29 is 27.5 Å². The fraction of sp³-hybridized carbons (Fsp3) is 0.355. The number of carbonyl (C=O) groups excluding carboxylic acids is 2. The topological polar surface area (TPSA) is 105 Å². The number of benzene rings is 3. The van der Waals surface area contributed by atoms with Gasteiger partial charge in [0.2, 0.25) is 11.8 Å². The summed E-state index contributed by atoms with van der Waals surface area (Å²) < 4.78 is 40.9. The third-order valence-electron chi connectivity index (χ3n) is 6.56. The Bertz CT molecular complexity index is 1520. The molecule has 9 nitrogen and oxygen atoms in total. The number of nitrogens with zero attached hydrogens (tertiary/aromatic N) is 2. The number of rotatable bonds is 12. The molecular formula is C31H38BrN3O6S. The van der Waals surface area contributed by atoms with Crippen molar-refractivity contribution in [2.75, 3.05) is 25.1 Å². The lowest BCUT2D eigenvalue weighted by atomic mass is 10.1. The van der Waals surface area contributed by atoms with E-state index in [-0.39, 0.29) is 29.1 Å². The van der Waals surface area contributed by atoms with Gasteiger partial charge in [-0.25, -0.2) is 8.42 Å². The zero-order chi connectivity index (χ0) is 31.2. The molecule has 0 bridgehead atoms. The van der Waals surface area contributed by atoms with Crippen LogP contribution in [0.3, 0.4) is 0 Å². The first-order valence-electron chi connectivity index (χ1n) is 13.4. The largest absolute Gasteiger partial charge is 0.493 e. The number of hydrogen-bond acceptors (Lipinski definition) is 6. The van der Waals surface area contributed by atoms with Crippen LogP contribution in [-0.4, -0.2) is 58.0 Å². The Labute approximate surface area is 257 Å². The zero-order valence-corrected chi connectivity index (χ0v) is 27.4. The number of amides is 2. The molecule has 0 aliphatic rings. The van der Waals surface area contributed by atoms with Crippen LogP contribution in [0.15, 0.2) is 70.0 Å². The summed E-state index contributed by atoms with van der Waals surface area (Å²) in [5.41, 5.74) is 2.78. The monoisotopic (exact) mass is 659 g/mol. The number of anilines is 1. The molecule has 0 spiro atoms. The molecule has 0 saturated heterocycles. The van der Waals surface area contributed by atoms with E-state index < -0.39 is 28.5 Å². The van der Waals surface area contributed by atoms with Gasteiger partial charge in [-0.05, 0) is 87.7 Å². The van der Waals surface area contributed by atoms with Crippen LogP contribution in [0.1, 0.15) is 37.5 Å². The van der Waals surface area contributed by atoms with Crippen LogP contribution in [-0.2, 0) is 26.2 Å². The maximum atomic E-state index is 14.2. The number of ether oxygens (including phenoxy) is 2. The molecule has 2 amide bonds. The van der Waals surface area contributed by atoms with E-state index in [1.165, 1.54) is 37.3 Å². The molecule has 1 atom stereocenters. The highest BCUT2D eigenvalue weighted by atomic mass is 79.9. The van der Waals surface area contributed by atoms with Gasteiger partial charge in [0, 0.05) is 23.1 Å². The van der Waals surface area contributed by atoms with Gasteiger partial charge in [-0.1, -0.05) is 34.1 Å². The highest BCUT2D eigenvalue weighted by Gasteiger charge is 2.33. The highest BCUT2D eigenvalue weighted by molar-refractivity contribution is 9.10. The van der Waals surface area contributed by atoms with Crippen LogP contribution in [0.5, 0.6) is 11.5 Å². The van der Waals surface area contributed by atoms with Crippen molar-refractivity contribution in [3.63, 3.8) is 0 Å². The second-order valence-electron chi connectivity index (χ2n) is 10.4. The van der Waals surface area contributed by atoms with Gasteiger partial charge < -0.3 is 19.7 Å². The molecule has 0 saturated carbocycles. The molecule has 3 aromatic carbocycles. The van der Waals surface area contributed by atoms with E-state index in [0.29, 0.717) is 11.4 Å². The van der Waals surface area contributed by atoms with E-state index in [2.05, 4.69) is 21.2 Å². The fourth-order valence-electron chi connectivity index (χ4n) is 4.55. The molecule has 3 aromatic rings. The summed E-state index contributed by atoms with van der Waals surface area (Å²) in [5.74, 6) is -0.269. The standard InChI is InChI=1S/C31H38BrN3O6S/c1-20(2)33-31(37)23(5)34(18-24-9-8-10-25(32)16-24)30(36)19-35(26-14-21(3)13-22(4)15-26)42(38,39)27-11-12-28(40-6)29(17-27)41-7/h8-17,20,23H,18-19H2,1-7H3,(H,33,37)/t23-/m0/s1. The SMILES string of the molecule is COc1ccc(S(=O)(=O)N(CC(=O)N(Cc2cccc(Br)c2)[C@@H](C)C(=O)NC(C)C)c2cc(C)cc(C)c2)cc1OC. The smallest absolute Gasteiger partial charge is 0.264 e. The first-order chi connectivity index (χ1) is 19.8. The van der Waals surface area contributed by atoms with Crippen LogP contribution >= 0.6 is 15.9 Å². The lowest BCUT2D eigenvalue weighted by Crippen LogP contribution is -2.52. The Hall–Kier alpha value is -3.57. The summed E-state index contributed by atoms with van der Waals surface area (Å²) in [6, 6.07) is 16.0. The summed E-state index contributed by atoms with van der Waals surface area (Å²) in [6.07, 6.45) is 0. The van der Waals surface area contributed by atoms with E-state index in [1.807, 2.05) is 58.0 Å². The van der Waals surface area contributed by atoms with Gasteiger partial charge in [-0.2, -0.15) is 0 Å². The van der Waals surface area contributed by atoms with Crippen LogP contribution in [0.25, 0.3) is 0 Å². The van der Waals surface area contributed by atoms with E-state index in [1.54, 1.807) is 19.1 Å². The molecule has 1 N–H and O–H groups in total. The van der Waals surface area contributed by atoms with Gasteiger partial charge in [-0.15, -0.1) is 0 Å². The Morgan fingerprint density at radius 3 is 2.12 bits per heavy atom. The van der Waals surface area contributed by atoms with E-state index in [0.717, 1.165) is 25.5 Å². The van der Waals surface area contributed by atoms with E-state index in [9.17, 15) is 18.0 Å². The van der Waals surface area contributed by atoms with Crippen molar-refractivity contribution in [2.45, 2.75) is 58.1 Å². The molecule has 0 aliphatic heterocycles. The number of halogens is 1. The van der Waals surface area contributed by atoms with Crippen molar-refractivity contribution >= 4 is 43.5 Å². The summed E-state index contributed by atoms with van der Waals surface area (Å²) in [4.78, 5) is 28.5. The Balaban J connectivity index is 2.11. The van der Waals surface area contributed by atoms with E-state index >= 15 is 0 Å². The first-order valence-corrected chi connectivity index (χ1v) is 15.7. The van der Waals surface area contributed by atoms with Gasteiger partial charge in [0.25, 0.3) is 10.0 Å². The minimum absolute atomic E-state index is 0.0729. The van der Waals surface area contributed by atoms with Gasteiger partial charge in [0.05, 0.1) is 24.8 Å². The summed E-state index contributed by atoms with van der Waals surface area (Å²) in [7, 11) is -1.40. The number of hydrogen-bond donors (Lipinski definition) is 1. The van der Waals surface area contributed by atoms with Crippen molar-refractivity contribution in [2.24, 2.45) is 0 Å². The predicted octanol–water partition coefficient (Wildman–Crippen LogP) is 5.22. The molecule has 0 radical (unpaired) electrons. The maximum absolute atomic E-state index is 14.2. The average Bonchev–Trinajstić information content (AvgIpc) is 2.92. The number of aryl methyl sites for hydroxylation is 2. The maximum Gasteiger partial charge on any atom is 0.264 e. The molecule has 226 valence electrons. The zero-order valence-electron chi connectivity index (χ0n) is 25.0.